The fourth-order valence-electron chi connectivity index (χ4n) is 0.855. The van der Waals surface area contributed by atoms with Gasteiger partial charge in [0.2, 0.25) is 0 Å². The maximum absolute atomic E-state index is 12.0. The van der Waals surface area contributed by atoms with Gasteiger partial charge >= 0.3 is 0 Å². The van der Waals surface area contributed by atoms with Gasteiger partial charge in [-0.05, 0) is 19.4 Å². The van der Waals surface area contributed by atoms with Gasteiger partial charge in [0.1, 0.15) is 0 Å². The summed E-state index contributed by atoms with van der Waals surface area (Å²) in [6.07, 6.45) is -1.71. The van der Waals surface area contributed by atoms with Gasteiger partial charge in [0.15, 0.2) is 0 Å². The van der Waals surface area contributed by atoms with Crippen LogP contribution in [0.25, 0.3) is 0 Å². The van der Waals surface area contributed by atoms with Crippen LogP contribution in [0.4, 0.5) is 8.78 Å². The minimum atomic E-state index is -2.24. The maximum Gasteiger partial charge on any atom is 0.253 e. The molecule has 0 saturated heterocycles. The third-order valence-electron chi connectivity index (χ3n) is 1.40. The van der Waals surface area contributed by atoms with Crippen molar-refractivity contribution in [2.75, 3.05) is 7.05 Å². The molecule has 0 rings (SSSR count). The monoisotopic (exact) mass is 151 g/mol. The maximum atomic E-state index is 12.0. The van der Waals surface area contributed by atoms with E-state index in [1.807, 2.05) is 13.8 Å². The molecule has 3 heteroatoms. The van der Waals surface area contributed by atoms with Crippen molar-refractivity contribution in [3.05, 3.63) is 0 Å². The molecule has 0 aliphatic rings. The van der Waals surface area contributed by atoms with Gasteiger partial charge in [-0.3, -0.25) is 0 Å². The highest BCUT2D eigenvalue weighted by molar-refractivity contribution is 4.68. The second-order valence-corrected chi connectivity index (χ2v) is 2.86. The molecule has 1 unspecified atom stereocenters. The molecular weight excluding hydrogens is 136 g/mol. The van der Waals surface area contributed by atoms with Gasteiger partial charge in [-0.15, -0.1) is 0 Å². The molecule has 0 saturated carbocycles. The molecule has 0 aromatic heterocycles. The van der Waals surface area contributed by atoms with E-state index in [-0.39, 0.29) is 0 Å². The highest BCUT2D eigenvalue weighted by Crippen LogP contribution is 2.10. The van der Waals surface area contributed by atoms with Crippen molar-refractivity contribution in [3.8, 4) is 0 Å². The van der Waals surface area contributed by atoms with E-state index >= 15 is 0 Å². The van der Waals surface area contributed by atoms with Crippen LogP contribution in [0.1, 0.15) is 20.3 Å². The fourth-order valence-corrected chi connectivity index (χ4v) is 0.855. The predicted octanol–water partition coefficient (Wildman–Crippen LogP) is 1.89. The van der Waals surface area contributed by atoms with Crippen molar-refractivity contribution in [2.24, 2.45) is 5.92 Å². The number of rotatable bonds is 4. The lowest BCUT2D eigenvalue weighted by Crippen LogP contribution is -2.33. The molecule has 1 N–H and O–H groups in total. The normalized spacial score (nSPS) is 14.7. The van der Waals surface area contributed by atoms with Crippen LogP contribution < -0.4 is 5.32 Å². The summed E-state index contributed by atoms with van der Waals surface area (Å²) in [4.78, 5) is 0. The van der Waals surface area contributed by atoms with Crippen molar-refractivity contribution in [1.29, 1.82) is 0 Å². The third kappa shape index (κ3) is 3.77. The van der Waals surface area contributed by atoms with Crippen LogP contribution in [0.3, 0.4) is 0 Å². The molecule has 0 amide bonds. The van der Waals surface area contributed by atoms with Crippen LogP contribution in [-0.4, -0.2) is 19.5 Å². The lowest BCUT2D eigenvalue weighted by atomic mass is 10.0. The Morgan fingerprint density at radius 1 is 1.30 bits per heavy atom. The zero-order valence-electron chi connectivity index (χ0n) is 6.70. The molecule has 1 atom stereocenters. The van der Waals surface area contributed by atoms with E-state index in [1.165, 1.54) is 0 Å². The Labute approximate surface area is 60.8 Å². The van der Waals surface area contributed by atoms with Crippen LogP contribution in [0.5, 0.6) is 0 Å². The predicted molar refractivity (Wildman–Crippen MR) is 38.3 cm³/mol. The van der Waals surface area contributed by atoms with Crippen LogP contribution in [0, 0.1) is 5.92 Å². The first-order valence-electron chi connectivity index (χ1n) is 3.53. The zero-order valence-corrected chi connectivity index (χ0v) is 6.70. The molecule has 0 bridgehead atoms. The smallest absolute Gasteiger partial charge is 0.253 e. The van der Waals surface area contributed by atoms with Crippen LogP contribution in [0.15, 0.2) is 0 Å². The molecule has 10 heavy (non-hydrogen) atoms. The first-order chi connectivity index (χ1) is 4.57. The molecule has 62 valence electrons. The van der Waals surface area contributed by atoms with E-state index in [0.29, 0.717) is 12.3 Å². The molecular formula is C7H15F2N. The number of alkyl halides is 2. The second kappa shape index (κ2) is 4.61. The lowest BCUT2D eigenvalue weighted by molar-refractivity contribution is 0.0918. The van der Waals surface area contributed by atoms with E-state index in [9.17, 15) is 8.78 Å². The number of hydrogen-bond donors (Lipinski definition) is 1. The number of hydrogen-bond acceptors (Lipinski definition) is 1. The van der Waals surface area contributed by atoms with Gasteiger partial charge in [0.05, 0.1) is 6.04 Å². The molecule has 0 aliphatic carbocycles. The van der Waals surface area contributed by atoms with Crippen molar-refractivity contribution in [1.82, 2.24) is 5.32 Å². The molecule has 1 nitrogen and oxygen atoms in total. The summed E-state index contributed by atoms with van der Waals surface area (Å²) >= 11 is 0. The Hall–Kier alpha value is -0.180. The van der Waals surface area contributed by atoms with Crippen LogP contribution >= 0.6 is 0 Å². The number of halogens is 2. The minimum Gasteiger partial charge on any atom is -0.312 e. The summed E-state index contributed by atoms with van der Waals surface area (Å²) < 4.78 is 24.0. The van der Waals surface area contributed by atoms with E-state index in [2.05, 4.69) is 5.32 Å². The summed E-state index contributed by atoms with van der Waals surface area (Å²) in [6, 6.07) is -0.639. The van der Waals surface area contributed by atoms with Crippen LogP contribution in [0.2, 0.25) is 0 Å². The van der Waals surface area contributed by atoms with E-state index < -0.39 is 12.5 Å². The highest BCUT2D eigenvalue weighted by Gasteiger charge is 2.18. The summed E-state index contributed by atoms with van der Waals surface area (Å²) in [5.41, 5.74) is 0. The van der Waals surface area contributed by atoms with Crippen molar-refractivity contribution in [2.45, 2.75) is 32.7 Å². The van der Waals surface area contributed by atoms with Gasteiger partial charge in [-0.25, -0.2) is 8.78 Å². The van der Waals surface area contributed by atoms with Crippen molar-refractivity contribution in [3.63, 3.8) is 0 Å². The Morgan fingerprint density at radius 3 is 1.90 bits per heavy atom. The Bertz CT molecular complexity index is 83.7. The van der Waals surface area contributed by atoms with E-state index in [0.717, 1.165) is 0 Å². The first kappa shape index (κ1) is 9.82. The second-order valence-electron chi connectivity index (χ2n) is 2.86. The van der Waals surface area contributed by atoms with Gasteiger partial charge in [0.25, 0.3) is 6.43 Å². The summed E-state index contributed by atoms with van der Waals surface area (Å²) in [5, 5.41) is 2.58. The van der Waals surface area contributed by atoms with E-state index in [4.69, 9.17) is 0 Å². The first-order valence-corrected chi connectivity index (χ1v) is 3.53. The minimum absolute atomic E-state index is 0.325. The van der Waals surface area contributed by atoms with E-state index in [1.54, 1.807) is 7.05 Å². The molecule has 0 spiro atoms. The van der Waals surface area contributed by atoms with Crippen molar-refractivity contribution < 1.29 is 8.78 Å². The zero-order chi connectivity index (χ0) is 8.15. The average Bonchev–Trinajstić information content (AvgIpc) is 1.81. The summed E-state index contributed by atoms with van der Waals surface area (Å²) in [7, 11) is 1.57. The third-order valence-corrected chi connectivity index (χ3v) is 1.40. The van der Waals surface area contributed by atoms with Gasteiger partial charge in [0, 0.05) is 0 Å². The molecule has 0 radical (unpaired) electrons. The molecule has 0 aromatic rings. The Morgan fingerprint density at radius 2 is 1.80 bits per heavy atom. The molecule has 0 aromatic carbocycles. The average molecular weight is 151 g/mol. The molecule has 0 heterocycles. The van der Waals surface area contributed by atoms with Gasteiger partial charge in [-0.2, -0.15) is 0 Å². The molecule has 0 fully saturated rings. The van der Waals surface area contributed by atoms with Gasteiger partial charge in [-0.1, -0.05) is 13.8 Å². The lowest BCUT2D eigenvalue weighted by Gasteiger charge is -2.16. The van der Waals surface area contributed by atoms with Gasteiger partial charge < -0.3 is 5.32 Å². The Balaban J connectivity index is 3.60. The molecule has 0 aliphatic heterocycles. The van der Waals surface area contributed by atoms with Crippen LogP contribution in [-0.2, 0) is 0 Å². The summed E-state index contributed by atoms with van der Waals surface area (Å²) in [6.45, 7) is 3.87. The quantitative estimate of drug-likeness (QED) is 0.647. The topological polar surface area (TPSA) is 12.0 Å². The fraction of sp³-hybridized carbons (Fsp3) is 1.00. The van der Waals surface area contributed by atoms with Crippen molar-refractivity contribution >= 4 is 0 Å². The Kier molecular flexibility index (Phi) is 4.52. The largest absolute Gasteiger partial charge is 0.312 e. The summed E-state index contributed by atoms with van der Waals surface area (Å²) in [5.74, 6) is 0.325. The standard InChI is InChI=1S/C7H15F2N/c1-5(2)4-6(10-3)7(8)9/h5-7,10H,4H2,1-3H3. The number of nitrogens with one attached hydrogen (secondary N) is 1. The SMILES string of the molecule is CNC(CC(C)C)C(F)F. The highest BCUT2D eigenvalue weighted by atomic mass is 19.3.